The number of carbonyl (C=O) groups excluding carboxylic acids is 4. The second kappa shape index (κ2) is 11.7. The molecule has 8 nitrogen and oxygen atoms in total. The summed E-state index contributed by atoms with van der Waals surface area (Å²) in [5.41, 5.74) is -0.00701. The lowest BCUT2D eigenvalue weighted by molar-refractivity contribution is -0.155. The third-order valence-corrected chi connectivity index (χ3v) is 5.01. The second-order valence-electron chi connectivity index (χ2n) is 7.35. The molecule has 0 saturated carbocycles. The molecule has 0 saturated heterocycles. The fourth-order valence-electron chi connectivity index (χ4n) is 3.22. The van der Waals surface area contributed by atoms with Crippen LogP contribution in [0.5, 0.6) is 11.5 Å². The molecule has 36 heavy (non-hydrogen) atoms. The van der Waals surface area contributed by atoms with Gasteiger partial charge in [0.15, 0.2) is 5.92 Å². The van der Waals surface area contributed by atoms with E-state index in [1.807, 2.05) is 0 Å². The second-order valence-corrected chi connectivity index (χ2v) is 7.35. The zero-order valence-corrected chi connectivity index (χ0v) is 19.2. The van der Waals surface area contributed by atoms with E-state index in [-0.39, 0.29) is 29.0 Å². The Kier molecular flexibility index (Phi) is 8.45. The maximum Gasteiger partial charge on any atom is 0.349 e. The number of ether oxygens (including phenoxy) is 4. The zero-order valence-electron chi connectivity index (χ0n) is 19.2. The average Bonchev–Trinajstić information content (AvgIpc) is 2.87. The highest BCUT2D eigenvalue weighted by atomic mass is 19.1. The molecule has 0 aliphatic rings. The van der Waals surface area contributed by atoms with Gasteiger partial charge in [0.05, 0.1) is 14.2 Å². The Balaban J connectivity index is 1.84. The molecule has 0 bridgehead atoms. The molecule has 0 aromatic heterocycles. The molecule has 3 rings (SSSR count). The lowest BCUT2D eigenvalue weighted by Crippen LogP contribution is -2.33. The number of methoxy groups -OCH3 is 2. The van der Waals surface area contributed by atoms with Crippen molar-refractivity contribution in [3.05, 3.63) is 95.1 Å². The van der Waals surface area contributed by atoms with Crippen LogP contribution in [0.25, 0.3) is 0 Å². The molecule has 0 heterocycles. The normalized spacial score (nSPS) is 10.5. The van der Waals surface area contributed by atoms with Crippen LogP contribution in [0.3, 0.4) is 0 Å². The zero-order chi connectivity index (χ0) is 26.2. The van der Waals surface area contributed by atoms with Gasteiger partial charge in [0.25, 0.3) is 0 Å². The minimum Gasteiger partial charge on any atom is -0.496 e. The van der Waals surface area contributed by atoms with Crippen LogP contribution in [0, 0.1) is 17.6 Å². The highest BCUT2D eigenvalue weighted by molar-refractivity contribution is 6.07. The Bertz CT molecular complexity index is 1210. The number of rotatable bonds is 8. The summed E-state index contributed by atoms with van der Waals surface area (Å²) in [4.78, 5) is 50.9. The predicted octanol–water partition coefficient (Wildman–Crippen LogP) is 3.91. The van der Waals surface area contributed by atoms with Gasteiger partial charge in [-0.15, -0.1) is 0 Å². The van der Waals surface area contributed by atoms with Crippen molar-refractivity contribution in [2.75, 3.05) is 14.2 Å². The van der Waals surface area contributed by atoms with Gasteiger partial charge in [-0.25, -0.2) is 18.4 Å². The van der Waals surface area contributed by atoms with E-state index in [2.05, 4.69) is 0 Å². The van der Waals surface area contributed by atoms with Gasteiger partial charge in [-0.1, -0.05) is 30.3 Å². The monoisotopic (exact) mass is 498 g/mol. The molecule has 3 aromatic rings. The molecular formula is C26H20F2O8. The molecule has 10 heteroatoms. The van der Waals surface area contributed by atoms with Crippen molar-refractivity contribution in [1.29, 1.82) is 0 Å². The minimum atomic E-state index is -1.72. The minimum absolute atomic E-state index is 0.187. The number of hydrogen-bond acceptors (Lipinski definition) is 8. The molecule has 0 aliphatic heterocycles. The van der Waals surface area contributed by atoms with Crippen LogP contribution in [-0.2, 0) is 25.5 Å². The quantitative estimate of drug-likeness (QED) is 0.340. The first-order valence-electron chi connectivity index (χ1n) is 10.5. The number of carbonyl (C=O) groups is 4. The van der Waals surface area contributed by atoms with Crippen molar-refractivity contribution in [3.8, 4) is 11.5 Å². The van der Waals surface area contributed by atoms with Crippen LogP contribution in [0.4, 0.5) is 8.78 Å². The van der Waals surface area contributed by atoms with E-state index in [4.69, 9.17) is 18.9 Å². The van der Waals surface area contributed by atoms with Gasteiger partial charge in [0, 0.05) is 12.1 Å². The standard InChI is InChI=1S/C26H20F2O8/c1-33-21-13-16(27)8-10-18(21)23(29)35-25(31)20(12-15-6-4-3-5-7-15)26(32)36-24(30)19-11-9-17(28)14-22(19)34-2/h3-11,13-14,20H,12H2,1-2H3. The number of hydrogen-bond donors (Lipinski definition) is 0. The smallest absolute Gasteiger partial charge is 0.349 e. The molecule has 0 N–H and O–H groups in total. The first-order chi connectivity index (χ1) is 17.2. The Morgan fingerprint density at radius 3 is 1.56 bits per heavy atom. The van der Waals surface area contributed by atoms with Crippen LogP contribution in [-0.4, -0.2) is 38.1 Å². The van der Waals surface area contributed by atoms with Gasteiger partial charge >= 0.3 is 23.9 Å². The molecule has 0 atom stereocenters. The lowest BCUT2D eigenvalue weighted by Gasteiger charge is -2.15. The topological polar surface area (TPSA) is 105 Å². The molecular weight excluding hydrogens is 478 g/mol. The maximum absolute atomic E-state index is 13.5. The summed E-state index contributed by atoms with van der Waals surface area (Å²) in [6.07, 6.45) is -0.264. The van der Waals surface area contributed by atoms with Gasteiger partial charge in [0.1, 0.15) is 34.3 Å². The summed E-state index contributed by atoms with van der Waals surface area (Å²) < 4.78 is 46.5. The van der Waals surface area contributed by atoms with Gasteiger partial charge in [-0.3, -0.25) is 9.59 Å². The Labute approximate surface area is 204 Å². The van der Waals surface area contributed by atoms with Crippen molar-refractivity contribution in [2.45, 2.75) is 6.42 Å². The molecule has 0 amide bonds. The van der Waals surface area contributed by atoms with Crippen LogP contribution in [0.1, 0.15) is 26.3 Å². The van der Waals surface area contributed by atoms with E-state index in [1.54, 1.807) is 30.3 Å². The van der Waals surface area contributed by atoms with Gasteiger partial charge in [-0.2, -0.15) is 0 Å². The first kappa shape index (κ1) is 26.0. The summed E-state index contributed by atoms with van der Waals surface area (Å²) in [6, 6.07) is 14.1. The summed E-state index contributed by atoms with van der Waals surface area (Å²) in [5.74, 6) is -8.48. The number of esters is 4. The largest absolute Gasteiger partial charge is 0.496 e. The molecule has 0 radical (unpaired) electrons. The van der Waals surface area contributed by atoms with Crippen molar-refractivity contribution >= 4 is 23.9 Å². The Morgan fingerprint density at radius 1 is 0.694 bits per heavy atom. The third kappa shape index (κ3) is 6.29. The van der Waals surface area contributed by atoms with Gasteiger partial charge in [0.2, 0.25) is 0 Å². The Hall–Kier alpha value is -4.60. The predicted molar refractivity (Wildman–Crippen MR) is 120 cm³/mol. The number of halogens is 2. The molecule has 0 unspecified atom stereocenters. The van der Waals surface area contributed by atoms with Crippen LogP contribution in [0.15, 0.2) is 66.7 Å². The average molecular weight is 498 g/mol. The fourth-order valence-corrected chi connectivity index (χ4v) is 3.22. The molecule has 0 aliphatic carbocycles. The number of benzene rings is 3. The summed E-state index contributed by atoms with van der Waals surface area (Å²) >= 11 is 0. The summed E-state index contributed by atoms with van der Waals surface area (Å²) in [7, 11) is 2.39. The van der Waals surface area contributed by atoms with E-state index in [0.29, 0.717) is 5.56 Å². The fraction of sp³-hybridized carbons (Fsp3) is 0.154. The van der Waals surface area contributed by atoms with Crippen molar-refractivity contribution in [2.24, 2.45) is 5.92 Å². The van der Waals surface area contributed by atoms with E-state index in [9.17, 15) is 28.0 Å². The van der Waals surface area contributed by atoms with Crippen LogP contribution >= 0.6 is 0 Å². The van der Waals surface area contributed by atoms with E-state index >= 15 is 0 Å². The first-order valence-corrected chi connectivity index (χ1v) is 10.5. The third-order valence-electron chi connectivity index (χ3n) is 5.01. The summed E-state index contributed by atoms with van der Waals surface area (Å²) in [6.45, 7) is 0. The van der Waals surface area contributed by atoms with Gasteiger partial charge < -0.3 is 18.9 Å². The van der Waals surface area contributed by atoms with Crippen molar-refractivity contribution < 1.29 is 46.9 Å². The molecule has 0 fully saturated rings. The van der Waals surface area contributed by atoms with Crippen molar-refractivity contribution in [3.63, 3.8) is 0 Å². The van der Waals surface area contributed by atoms with E-state index in [1.165, 1.54) is 14.2 Å². The molecule has 0 spiro atoms. The molecule has 3 aromatic carbocycles. The highest BCUT2D eigenvalue weighted by Gasteiger charge is 2.35. The van der Waals surface area contributed by atoms with E-state index < -0.39 is 41.4 Å². The maximum atomic E-state index is 13.5. The summed E-state index contributed by atoms with van der Waals surface area (Å²) in [5, 5.41) is 0. The lowest BCUT2D eigenvalue weighted by atomic mass is 9.99. The van der Waals surface area contributed by atoms with Crippen molar-refractivity contribution in [1.82, 2.24) is 0 Å². The van der Waals surface area contributed by atoms with Crippen LogP contribution < -0.4 is 9.47 Å². The van der Waals surface area contributed by atoms with Gasteiger partial charge in [-0.05, 0) is 36.2 Å². The highest BCUT2D eigenvalue weighted by Crippen LogP contribution is 2.24. The Morgan fingerprint density at radius 2 is 1.14 bits per heavy atom. The SMILES string of the molecule is COc1cc(F)ccc1C(=O)OC(=O)C(Cc1ccccc1)C(=O)OC(=O)c1ccc(F)cc1OC. The van der Waals surface area contributed by atoms with Crippen LogP contribution in [0.2, 0.25) is 0 Å². The molecule has 186 valence electrons. The van der Waals surface area contributed by atoms with E-state index in [0.717, 1.165) is 36.4 Å².